The van der Waals surface area contributed by atoms with E-state index in [4.69, 9.17) is 0 Å². The Morgan fingerprint density at radius 2 is 2.00 bits per heavy atom. The van der Waals surface area contributed by atoms with Crippen molar-refractivity contribution in [3.63, 3.8) is 0 Å². The standard InChI is InChI=1S/C12H16N2.2ClH/c1-2-12(10-14-7-1)4-3-11-5-8-13-9-6-11;;/h3-6,8-9,12,14H,1-2,7,10H2;2*1H/b4-3+;;. The Morgan fingerprint density at radius 1 is 1.25 bits per heavy atom. The van der Waals surface area contributed by atoms with Gasteiger partial charge in [0.1, 0.15) is 0 Å². The van der Waals surface area contributed by atoms with E-state index in [1.165, 1.54) is 24.9 Å². The molecule has 90 valence electrons. The number of aromatic nitrogens is 1. The van der Waals surface area contributed by atoms with Gasteiger partial charge >= 0.3 is 0 Å². The van der Waals surface area contributed by atoms with Crippen LogP contribution in [0.1, 0.15) is 18.4 Å². The highest BCUT2D eigenvalue weighted by Gasteiger charge is 2.08. The van der Waals surface area contributed by atoms with Crippen molar-refractivity contribution in [3.05, 3.63) is 36.2 Å². The summed E-state index contributed by atoms with van der Waals surface area (Å²) in [4.78, 5) is 3.99. The maximum absolute atomic E-state index is 3.99. The number of hydrogen-bond donors (Lipinski definition) is 1. The maximum atomic E-state index is 3.99. The Morgan fingerprint density at radius 3 is 2.62 bits per heavy atom. The molecule has 1 N–H and O–H groups in total. The fraction of sp³-hybridized carbons (Fsp3) is 0.417. The maximum Gasteiger partial charge on any atom is 0.0273 e. The molecule has 1 aromatic rings. The van der Waals surface area contributed by atoms with E-state index in [9.17, 15) is 0 Å². The van der Waals surface area contributed by atoms with Crippen molar-refractivity contribution in [2.45, 2.75) is 12.8 Å². The van der Waals surface area contributed by atoms with Gasteiger partial charge in [-0.15, -0.1) is 24.8 Å². The first-order chi connectivity index (χ1) is 6.95. The molecule has 0 aromatic carbocycles. The van der Waals surface area contributed by atoms with Gasteiger partial charge < -0.3 is 5.32 Å². The first-order valence-corrected chi connectivity index (χ1v) is 5.24. The van der Waals surface area contributed by atoms with Crippen LogP contribution in [0.15, 0.2) is 30.6 Å². The predicted octanol–water partition coefficient (Wildman–Crippen LogP) is 2.94. The molecule has 1 unspecified atom stereocenters. The van der Waals surface area contributed by atoms with Gasteiger partial charge in [-0.05, 0) is 43.0 Å². The second kappa shape index (κ2) is 8.57. The molecular formula is C12H18Cl2N2. The van der Waals surface area contributed by atoms with E-state index in [2.05, 4.69) is 22.5 Å². The average molecular weight is 261 g/mol. The number of pyridine rings is 1. The second-order valence-corrected chi connectivity index (χ2v) is 3.75. The zero-order chi connectivity index (χ0) is 9.64. The fourth-order valence-electron chi connectivity index (χ4n) is 1.76. The predicted molar refractivity (Wildman–Crippen MR) is 73.4 cm³/mol. The number of piperidine rings is 1. The quantitative estimate of drug-likeness (QED) is 0.885. The topological polar surface area (TPSA) is 24.9 Å². The number of nitrogens with one attached hydrogen (secondary N) is 1. The van der Waals surface area contributed by atoms with Crippen molar-refractivity contribution >= 4 is 30.9 Å². The van der Waals surface area contributed by atoms with Crippen molar-refractivity contribution in [2.75, 3.05) is 13.1 Å². The van der Waals surface area contributed by atoms with Gasteiger partial charge in [0.15, 0.2) is 0 Å². The highest BCUT2D eigenvalue weighted by Crippen LogP contribution is 2.13. The van der Waals surface area contributed by atoms with Gasteiger partial charge in [0, 0.05) is 18.9 Å². The van der Waals surface area contributed by atoms with E-state index in [-0.39, 0.29) is 24.8 Å². The molecule has 0 bridgehead atoms. The summed E-state index contributed by atoms with van der Waals surface area (Å²) in [6.07, 6.45) is 10.8. The summed E-state index contributed by atoms with van der Waals surface area (Å²) in [5.74, 6) is 0.705. The lowest BCUT2D eigenvalue weighted by atomic mass is 9.98. The van der Waals surface area contributed by atoms with Gasteiger partial charge in [-0.2, -0.15) is 0 Å². The van der Waals surface area contributed by atoms with Crippen LogP contribution in [-0.2, 0) is 0 Å². The van der Waals surface area contributed by atoms with Crippen molar-refractivity contribution < 1.29 is 0 Å². The molecule has 1 aromatic heterocycles. The zero-order valence-electron chi connectivity index (χ0n) is 9.13. The lowest BCUT2D eigenvalue weighted by molar-refractivity contribution is 0.439. The Labute approximate surface area is 109 Å². The zero-order valence-corrected chi connectivity index (χ0v) is 10.8. The number of rotatable bonds is 2. The van der Waals surface area contributed by atoms with Crippen LogP contribution in [0.3, 0.4) is 0 Å². The van der Waals surface area contributed by atoms with Crippen molar-refractivity contribution in [2.24, 2.45) is 5.92 Å². The molecule has 1 aliphatic rings. The summed E-state index contributed by atoms with van der Waals surface area (Å²) in [7, 11) is 0. The van der Waals surface area contributed by atoms with E-state index in [0.29, 0.717) is 5.92 Å². The highest BCUT2D eigenvalue weighted by molar-refractivity contribution is 5.85. The van der Waals surface area contributed by atoms with Gasteiger partial charge in [0.05, 0.1) is 0 Å². The van der Waals surface area contributed by atoms with Crippen molar-refractivity contribution in [1.82, 2.24) is 10.3 Å². The molecule has 2 nitrogen and oxygen atoms in total. The number of nitrogens with zero attached hydrogens (tertiary/aromatic N) is 1. The Hall–Kier alpha value is -0.570. The largest absolute Gasteiger partial charge is 0.316 e. The summed E-state index contributed by atoms with van der Waals surface area (Å²) in [5, 5.41) is 3.41. The van der Waals surface area contributed by atoms with Crippen LogP contribution in [0.4, 0.5) is 0 Å². The molecular weight excluding hydrogens is 243 g/mol. The van der Waals surface area contributed by atoms with Crippen LogP contribution in [0.2, 0.25) is 0 Å². The molecule has 2 rings (SSSR count). The van der Waals surface area contributed by atoms with Gasteiger partial charge in [-0.1, -0.05) is 12.2 Å². The summed E-state index contributed by atoms with van der Waals surface area (Å²) < 4.78 is 0. The molecule has 4 heteroatoms. The highest BCUT2D eigenvalue weighted by atomic mass is 35.5. The average Bonchev–Trinajstić information content (AvgIpc) is 2.29. The Balaban J connectivity index is 0.00000112. The summed E-state index contributed by atoms with van der Waals surface area (Å²) in [6.45, 7) is 2.31. The second-order valence-electron chi connectivity index (χ2n) is 3.75. The van der Waals surface area contributed by atoms with Gasteiger partial charge in [-0.3, -0.25) is 4.98 Å². The molecule has 16 heavy (non-hydrogen) atoms. The normalized spacial score (nSPS) is 19.9. The number of hydrogen-bond acceptors (Lipinski definition) is 2. The van der Waals surface area contributed by atoms with E-state index >= 15 is 0 Å². The third-order valence-corrected chi connectivity index (χ3v) is 2.60. The van der Waals surface area contributed by atoms with Gasteiger partial charge in [-0.25, -0.2) is 0 Å². The van der Waals surface area contributed by atoms with Crippen molar-refractivity contribution in [3.8, 4) is 0 Å². The number of halogens is 2. The van der Waals surface area contributed by atoms with Crippen LogP contribution >= 0.6 is 24.8 Å². The van der Waals surface area contributed by atoms with Gasteiger partial charge in [0.2, 0.25) is 0 Å². The summed E-state index contributed by atoms with van der Waals surface area (Å²) >= 11 is 0. The van der Waals surface area contributed by atoms with Gasteiger partial charge in [0.25, 0.3) is 0 Å². The fourth-order valence-corrected chi connectivity index (χ4v) is 1.76. The molecule has 2 heterocycles. The SMILES string of the molecule is C(=C\C1CCCNC1)/c1ccncc1.Cl.Cl. The molecule has 1 fully saturated rings. The molecule has 0 spiro atoms. The van der Waals surface area contributed by atoms with Crippen LogP contribution in [-0.4, -0.2) is 18.1 Å². The lowest BCUT2D eigenvalue weighted by Crippen LogP contribution is -2.28. The Kier molecular flexibility index (Phi) is 8.26. The summed E-state index contributed by atoms with van der Waals surface area (Å²) in [5.41, 5.74) is 1.24. The minimum Gasteiger partial charge on any atom is -0.316 e. The minimum absolute atomic E-state index is 0. The molecule has 0 saturated carbocycles. The van der Waals surface area contributed by atoms with Crippen LogP contribution in [0, 0.1) is 5.92 Å². The lowest BCUT2D eigenvalue weighted by Gasteiger charge is -2.19. The molecule has 0 amide bonds. The third-order valence-electron chi connectivity index (χ3n) is 2.60. The molecule has 0 radical (unpaired) electrons. The molecule has 0 aliphatic carbocycles. The van der Waals surface area contributed by atoms with E-state index < -0.39 is 0 Å². The smallest absolute Gasteiger partial charge is 0.0273 e. The molecule has 1 aliphatic heterocycles. The third kappa shape index (κ3) is 4.97. The minimum atomic E-state index is 0. The monoisotopic (exact) mass is 260 g/mol. The van der Waals surface area contributed by atoms with Crippen LogP contribution in [0.25, 0.3) is 6.08 Å². The van der Waals surface area contributed by atoms with Crippen molar-refractivity contribution in [1.29, 1.82) is 0 Å². The first-order valence-electron chi connectivity index (χ1n) is 5.24. The van der Waals surface area contributed by atoms with E-state index in [1.54, 1.807) is 0 Å². The van der Waals surface area contributed by atoms with E-state index in [0.717, 1.165) is 6.54 Å². The summed E-state index contributed by atoms with van der Waals surface area (Å²) in [6, 6.07) is 4.07. The van der Waals surface area contributed by atoms with E-state index in [1.807, 2.05) is 24.5 Å². The first kappa shape index (κ1) is 15.4. The van der Waals surface area contributed by atoms with Crippen LogP contribution < -0.4 is 5.32 Å². The molecule has 1 atom stereocenters. The Bertz CT molecular complexity index is 295. The van der Waals surface area contributed by atoms with Crippen LogP contribution in [0.5, 0.6) is 0 Å². The molecule has 1 saturated heterocycles.